The molecule has 0 amide bonds. The van der Waals surface area contributed by atoms with Crippen molar-refractivity contribution in [3.05, 3.63) is 24.2 Å². The highest BCUT2D eigenvalue weighted by Crippen LogP contribution is 2.20. The summed E-state index contributed by atoms with van der Waals surface area (Å²) in [6, 6.07) is 5.28. The molecule has 2 unspecified atom stereocenters. The van der Waals surface area contributed by atoms with E-state index in [-0.39, 0.29) is 0 Å². The van der Waals surface area contributed by atoms with Crippen molar-refractivity contribution in [2.75, 3.05) is 13.1 Å². The SMILES string of the molecule is CC(C)CC1CNC(C(C)C)CN1Cc1ccco1. The van der Waals surface area contributed by atoms with Crippen molar-refractivity contribution in [3.63, 3.8) is 0 Å². The molecular weight excluding hydrogens is 236 g/mol. The molecule has 108 valence electrons. The van der Waals surface area contributed by atoms with Crippen LogP contribution in [0.2, 0.25) is 0 Å². The maximum absolute atomic E-state index is 5.52. The first-order valence-electron chi connectivity index (χ1n) is 7.56. The van der Waals surface area contributed by atoms with E-state index in [9.17, 15) is 0 Å². The largest absolute Gasteiger partial charge is 0.468 e. The summed E-state index contributed by atoms with van der Waals surface area (Å²) in [6.07, 6.45) is 3.02. The first-order valence-corrected chi connectivity index (χ1v) is 7.56. The molecular formula is C16H28N2O. The third-order valence-corrected chi connectivity index (χ3v) is 4.05. The fourth-order valence-corrected chi connectivity index (χ4v) is 2.90. The van der Waals surface area contributed by atoms with Crippen LogP contribution in [0.1, 0.15) is 39.9 Å². The van der Waals surface area contributed by atoms with E-state index < -0.39 is 0 Å². The van der Waals surface area contributed by atoms with Gasteiger partial charge in [0.2, 0.25) is 0 Å². The van der Waals surface area contributed by atoms with Crippen LogP contribution >= 0.6 is 0 Å². The van der Waals surface area contributed by atoms with Gasteiger partial charge in [-0.3, -0.25) is 4.90 Å². The van der Waals surface area contributed by atoms with Crippen LogP contribution in [0.25, 0.3) is 0 Å². The van der Waals surface area contributed by atoms with Crippen molar-refractivity contribution < 1.29 is 4.42 Å². The Bertz CT molecular complexity index is 359. The molecule has 1 aliphatic heterocycles. The van der Waals surface area contributed by atoms with Gasteiger partial charge in [-0.15, -0.1) is 0 Å². The molecule has 1 N–H and O–H groups in total. The molecule has 1 fully saturated rings. The van der Waals surface area contributed by atoms with E-state index in [1.165, 1.54) is 6.42 Å². The van der Waals surface area contributed by atoms with Crippen LogP contribution in [0, 0.1) is 11.8 Å². The zero-order valence-corrected chi connectivity index (χ0v) is 12.7. The molecule has 0 aromatic carbocycles. The van der Waals surface area contributed by atoms with Gasteiger partial charge in [-0.2, -0.15) is 0 Å². The topological polar surface area (TPSA) is 28.4 Å². The summed E-state index contributed by atoms with van der Waals surface area (Å²) in [6.45, 7) is 12.4. The highest BCUT2D eigenvalue weighted by molar-refractivity contribution is 5.00. The Morgan fingerprint density at radius 1 is 1.37 bits per heavy atom. The predicted molar refractivity (Wildman–Crippen MR) is 79.0 cm³/mol. The molecule has 0 spiro atoms. The molecule has 0 aliphatic carbocycles. The zero-order chi connectivity index (χ0) is 13.8. The van der Waals surface area contributed by atoms with Gasteiger partial charge in [0, 0.05) is 25.2 Å². The van der Waals surface area contributed by atoms with Gasteiger partial charge in [-0.25, -0.2) is 0 Å². The molecule has 3 heteroatoms. The Kier molecular flexibility index (Phi) is 5.06. The Hall–Kier alpha value is -0.800. The van der Waals surface area contributed by atoms with Gasteiger partial charge >= 0.3 is 0 Å². The van der Waals surface area contributed by atoms with Crippen molar-refractivity contribution >= 4 is 0 Å². The Labute approximate surface area is 117 Å². The smallest absolute Gasteiger partial charge is 0.117 e. The van der Waals surface area contributed by atoms with Gasteiger partial charge in [0.05, 0.1) is 12.8 Å². The summed E-state index contributed by atoms with van der Waals surface area (Å²) in [4.78, 5) is 2.60. The monoisotopic (exact) mass is 264 g/mol. The molecule has 1 saturated heterocycles. The van der Waals surface area contributed by atoms with Gasteiger partial charge in [-0.1, -0.05) is 27.7 Å². The van der Waals surface area contributed by atoms with Crippen LogP contribution in [-0.2, 0) is 6.54 Å². The Morgan fingerprint density at radius 2 is 2.16 bits per heavy atom. The molecule has 0 radical (unpaired) electrons. The molecule has 19 heavy (non-hydrogen) atoms. The normalized spacial score (nSPS) is 25.4. The Morgan fingerprint density at radius 3 is 2.74 bits per heavy atom. The number of hydrogen-bond acceptors (Lipinski definition) is 3. The molecule has 2 heterocycles. The van der Waals surface area contributed by atoms with Crippen LogP contribution in [0.5, 0.6) is 0 Å². The second-order valence-electron chi connectivity index (χ2n) is 6.55. The van der Waals surface area contributed by atoms with Crippen LogP contribution in [0.4, 0.5) is 0 Å². The number of rotatable bonds is 5. The third-order valence-electron chi connectivity index (χ3n) is 4.05. The van der Waals surface area contributed by atoms with Crippen LogP contribution in [0.3, 0.4) is 0 Å². The molecule has 0 bridgehead atoms. The molecule has 0 saturated carbocycles. The second kappa shape index (κ2) is 6.58. The van der Waals surface area contributed by atoms with Gasteiger partial charge in [-0.05, 0) is 30.4 Å². The molecule has 1 aliphatic rings. The van der Waals surface area contributed by atoms with Gasteiger partial charge < -0.3 is 9.73 Å². The minimum absolute atomic E-state index is 0.596. The highest BCUT2D eigenvalue weighted by atomic mass is 16.3. The molecule has 3 nitrogen and oxygen atoms in total. The lowest BCUT2D eigenvalue weighted by Gasteiger charge is -2.42. The fraction of sp³-hybridized carbons (Fsp3) is 0.750. The molecule has 2 rings (SSSR count). The zero-order valence-electron chi connectivity index (χ0n) is 12.7. The van der Waals surface area contributed by atoms with Crippen LogP contribution in [0.15, 0.2) is 22.8 Å². The number of nitrogens with zero attached hydrogens (tertiary/aromatic N) is 1. The van der Waals surface area contributed by atoms with Crippen LogP contribution in [-0.4, -0.2) is 30.1 Å². The maximum atomic E-state index is 5.52. The van der Waals surface area contributed by atoms with Gasteiger partial charge in [0.25, 0.3) is 0 Å². The van der Waals surface area contributed by atoms with E-state index in [1.54, 1.807) is 6.26 Å². The summed E-state index contributed by atoms with van der Waals surface area (Å²) in [5.74, 6) is 2.50. The van der Waals surface area contributed by atoms with Crippen molar-refractivity contribution in [1.82, 2.24) is 10.2 Å². The molecule has 1 aromatic rings. The number of furan rings is 1. The lowest BCUT2D eigenvalue weighted by Crippen LogP contribution is -2.57. The predicted octanol–water partition coefficient (Wildman–Crippen LogP) is 3.12. The minimum atomic E-state index is 0.596. The lowest BCUT2D eigenvalue weighted by atomic mass is 9.95. The summed E-state index contributed by atoms with van der Waals surface area (Å²) >= 11 is 0. The van der Waals surface area contributed by atoms with E-state index in [0.717, 1.165) is 31.3 Å². The summed E-state index contributed by atoms with van der Waals surface area (Å²) in [7, 11) is 0. The fourth-order valence-electron chi connectivity index (χ4n) is 2.90. The number of hydrogen-bond donors (Lipinski definition) is 1. The first-order chi connectivity index (χ1) is 9.06. The van der Waals surface area contributed by atoms with Crippen molar-refractivity contribution in [1.29, 1.82) is 0 Å². The first kappa shape index (κ1) is 14.6. The van der Waals surface area contributed by atoms with Crippen molar-refractivity contribution in [3.8, 4) is 0 Å². The third kappa shape index (κ3) is 4.08. The van der Waals surface area contributed by atoms with Crippen LogP contribution < -0.4 is 5.32 Å². The van der Waals surface area contributed by atoms with Gasteiger partial charge in [0.1, 0.15) is 5.76 Å². The van der Waals surface area contributed by atoms with E-state index in [1.807, 2.05) is 6.07 Å². The van der Waals surface area contributed by atoms with Crippen molar-refractivity contribution in [2.45, 2.75) is 52.7 Å². The average Bonchev–Trinajstić information content (AvgIpc) is 2.83. The van der Waals surface area contributed by atoms with E-state index in [2.05, 4.69) is 44.0 Å². The molecule has 1 aromatic heterocycles. The summed E-state index contributed by atoms with van der Waals surface area (Å²) in [5.41, 5.74) is 0. The maximum Gasteiger partial charge on any atom is 0.117 e. The van der Waals surface area contributed by atoms with E-state index in [4.69, 9.17) is 4.42 Å². The summed E-state index contributed by atoms with van der Waals surface area (Å²) < 4.78 is 5.52. The molecule has 2 atom stereocenters. The minimum Gasteiger partial charge on any atom is -0.468 e. The lowest BCUT2D eigenvalue weighted by molar-refractivity contribution is 0.0857. The Balaban J connectivity index is 2.02. The van der Waals surface area contributed by atoms with E-state index in [0.29, 0.717) is 18.0 Å². The average molecular weight is 264 g/mol. The van der Waals surface area contributed by atoms with Gasteiger partial charge in [0.15, 0.2) is 0 Å². The number of nitrogens with one attached hydrogen (secondary N) is 1. The number of piperazine rings is 1. The quantitative estimate of drug-likeness (QED) is 0.885. The second-order valence-corrected chi connectivity index (χ2v) is 6.55. The highest BCUT2D eigenvalue weighted by Gasteiger charge is 2.30. The standard InChI is InChI=1S/C16H28N2O/c1-12(2)8-14-9-17-16(13(3)4)11-18(14)10-15-6-5-7-19-15/h5-7,12-14,16-17H,8-11H2,1-4H3. The van der Waals surface area contributed by atoms with Crippen molar-refractivity contribution in [2.24, 2.45) is 11.8 Å². The van der Waals surface area contributed by atoms with E-state index >= 15 is 0 Å². The summed E-state index contributed by atoms with van der Waals surface area (Å²) in [5, 5.41) is 3.71.